The Bertz CT molecular complexity index is 480. The molecule has 2 aliphatic rings. The molecule has 98 valence electrons. The Morgan fingerprint density at radius 2 is 2.33 bits per heavy atom. The molecule has 3 heterocycles. The molecule has 1 saturated heterocycles. The molecule has 0 bridgehead atoms. The lowest BCUT2D eigenvalue weighted by atomic mass is 9.96. The predicted molar refractivity (Wildman–Crippen MR) is 66.9 cm³/mol. The van der Waals surface area contributed by atoms with Crippen LogP contribution in [-0.2, 0) is 17.8 Å². The molecule has 0 radical (unpaired) electrons. The van der Waals surface area contributed by atoms with Gasteiger partial charge < -0.3 is 15.0 Å². The summed E-state index contributed by atoms with van der Waals surface area (Å²) >= 11 is 6.17. The van der Waals surface area contributed by atoms with Crippen molar-refractivity contribution < 1.29 is 9.90 Å². The topological polar surface area (TPSA) is 67.2 Å². The van der Waals surface area contributed by atoms with Crippen molar-refractivity contribution in [1.29, 1.82) is 0 Å². The first-order valence-corrected chi connectivity index (χ1v) is 6.73. The summed E-state index contributed by atoms with van der Waals surface area (Å²) in [5.41, 5.74) is 0.900. The van der Waals surface area contributed by atoms with Crippen LogP contribution in [0.5, 0.6) is 0 Å². The molecule has 1 fully saturated rings. The summed E-state index contributed by atoms with van der Waals surface area (Å²) in [6.07, 6.45) is 2.25. The first-order valence-electron chi connectivity index (χ1n) is 6.35. The maximum Gasteiger partial charge on any atom is 0.306 e. The summed E-state index contributed by atoms with van der Waals surface area (Å²) in [6, 6.07) is 0. The number of aromatic nitrogens is 2. The van der Waals surface area contributed by atoms with Gasteiger partial charge in [0.1, 0.15) is 5.82 Å². The summed E-state index contributed by atoms with van der Waals surface area (Å²) in [4.78, 5) is 15.5. The molecule has 0 aromatic carbocycles. The van der Waals surface area contributed by atoms with Crippen LogP contribution in [0.1, 0.15) is 30.3 Å². The van der Waals surface area contributed by atoms with Gasteiger partial charge in [-0.15, -0.1) is 0 Å². The second-order valence-electron chi connectivity index (χ2n) is 5.08. The number of hydrogen-bond donors (Lipinski definition) is 2. The molecule has 0 aliphatic carbocycles. The lowest BCUT2D eigenvalue weighted by Gasteiger charge is -2.23. The number of carboxylic acid groups (broad SMARTS) is 1. The molecule has 2 aliphatic heterocycles. The molecule has 2 atom stereocenters. The minimum absolute atomic E-state index is 0.318. The largest absolute Gasteiger partial charge is 0.481 e. The van der Waals surface area contributed by atoms with Crippen LogP contribution < -0.4 is 5.32 Å². The van der Waals surface area contributed by atoms with Crippen molar-refractivity contribution in [2.75, 3.05) is 13.1 Å². The van der Waals surface area contributed by atoms with E-state index in [1.54, 1.807) is 0 Å². The lowest BCUT2D eigenvalue weighted by Crippen LogP contribution is -2.27. The van der Waals surface area contributed by atoms with Crippen LogP contribution in [0.15, 0.2) is 0 Å². The van der Waals surface area contributed by atoms with E-state index in [9.17, 15) is 4.79 Å². The number of nitrogens with one attached hydrogen (secondary N) is 1. The van der Waals surface area contributed by atoms with Crippen molar-refractivity contribution in [3.8, 4) is 0 Å². The van der Waals surface area contributed by atoms with E-state index >= 15 is 0 Å². The van der Waals surface area contributed by atoms with Crippen molar-refractivity contribution in [2.24, 2.45) is 5.92 Å². The zero-order valence-corrected chi connectivity index (χ0v) is 10.8. The Hall–Kier alpha value is -1.07. The van der Waals surface area contributed by atoms with E-state index in [4.69, 9.17) is 16.7 Å². The number of imidazole rings is 1. The Labute approximate surface area is 110 Å². The quantitative estimate of drug-likeness (QED) is 0.848. The number of nitrogens with zero attached hydrogens (tertiary/aromatic N) is 2. The van der Waals surface area contributed by atoms with Crippen LogP contribution in [0, 0.1) is 5.92 Å². The van der Waals surface area contributed by atoms with Gasteiger partial charge in [-0.2, -0.15) is 0 Å². The molecule has 2 unspecified atom stereocenters. The highest BCUT2D eigenvalue weighted by molar-refractivity contribution is 6.30. The van der Waals surface area contributed by atoms with Crippen molar-refractivity contribution >= 4 is 17.6 Å². The maximum atomic E-state index is 11.1. The van der Waals surface area contributed by atoms with Crippen molar-refractivity contribution in [3.05, 3.63) is 16.7 Å². The van der Waals surface area contributed by atoms with Crippen molar-refractivity contribution in [3.63, 3.8) is 0 Å². The Balaban J connectivity index is 1.92. The second-order valence-corrected chi connectivity index (χ2v) is 5.43. The fourth-order valence-electron chi connectivity index (χ4n) is 2.94. The monoisotopic (exact) mass is 269 g/mol. The summed E-state index contributed by atoms with van der Waals surface area (Å²) in [6.45, 7) is 2.68. The fraction of sp³-hybridized carbons (Fsp3) is 0.667. The molecule has 2 N–H and O–H groups in total. The summed E-state index contributed by atoms with van der Waals surface area (Å²) in [7, 11) is 0. The Kier molecular flexibility index (Phi) is 3.03. The molecule has 3 rings (SSSR count). The zero-order chi connectivity index (χ0) is 12.7. The number of carbonyl (C=O) groups is 1. The third-order valence-corrected chi connectivity index (χ3v) is 4.27. The molecule has 6 heteroatoms. The molecule has 5 nitrogen and oxygen atoms in total. The van der Waals surface area contributed by atoms with Crippen LogP contribution >= 0.6 is 11.6 Å². The van der Waals surface area contributed by atoms with Gasteiger partial charge in [0.05, 0.1) is 11.6 Å². The minimum atomic E-state index is -0.734. The third-order valence-electron chi connectivity index (χ3n) is 3.97. The molecule has 1 aromatic rings. The van der Waals surface area contributed by atoms with Gasteiger partial charge in [-0.1, -0.05) is 11.6 Å². The number of hydrogen-bond acceptors (Lipinski definition) is 3. The summed E-state index contributed by atoms with van der Waals surface area (Å²) in [5, 5.41) is 12.9. The van der Waals surface area contributed by atoms with Crippen LogP contribution in [-0.4, -0.2) is 33.7 Å². The molecule has 0 amide bonds. The van der Waals surface area contributed by atoms with Crippen LogP contribution in [0.4, 0.5) is 0 Å². The Morgan fingerprint density at radius 1 is 1.50 bits per heavy atom. The summed E-state index contributed by atoms with van der Waals surface area (Å²) in [5.74, 6) is 0.394. The van der Waals surface area contributed by atoms with Gasteiger partial charge in [-0.25, -0.2) is 4.98 Å². The molecule has 1 aromatic heterocycles. The van der Waals surface area contributed by atoms with Gasteiger partial charge in [0.15, 0.2) is 5.15 Å². The van der Waals surface area contributed by atoms with Gasteiger partial charge >= 0.3 is 5.97 Å². The second kappa shape index (κ2) is 4.55. The smallest absolute Gasteiger partial charge is 0.306 e. The van der Waals surface area contributed by atoms with E-state index < -0.39 is 5.97 Å². The minimum Gasteiger partial charge on any atom is -0.481 e. The van der Waals surface area contributed by atoms with E-state index in [0.29, 0.717) is 23.9 Å². The first-order chi connectivity index (χ1) is 8.66. The van der Waals surface area contributed by atoms with Crippen LogP contribution in [0.3, 0.4) is 0 Å². The molecular weight excluding hydrogens is 254 g/mol. The standard InChI is InChI=1S/C12H16ClN3O2/c13-10-9-5-7(12(17)18)2-4-16(9)11(15-10)8-1-3-14-6-8/h7-8,14H,1-6H2,(H,17,18). The van der Waals surface area contributed by atoms with Gasteiger partial charge in [0.25, 0.3) is 0 Å². The number of carboxylic acids is 1. The van der Waals surface area contributed by atoms with Gasteiger partial charge in [-0.05, 0) is 19.4 Å². The van der Waals surface area contributed by atoms with Crippen molar-refractivity contribution in [1.82, 2.24) is 14.9 Å². The molecule has 0 saturated carbocycles. The van der Waals surface area contributed by atoms with Gasteiger partial charge in [-0.3, -0.25) is 4.79 Å². The first kappa shape index (κ1) is 12.0. The number of rotatable bonds is 2. The van der Waals surface area contributed by atoms with E-state index in [-0.39, 0.29) is 5.92 Å². The van der Waals surface area contributed by atoms with Crippen LogP contribution in [0.2, 0.25) is 5.15 Å². The number of aliphatic carboxylic acids is 1. The van der Waals surface area contributed by atoms with Gasteiger partial charge in [0.2, 0.25) is 0 Å². The highest BCUT2D eigenvalue weighted by Crippen LogP contribution is 2.32. The third kappa shape index (κ3) is 1.91. The normalized spacial score (nSPS) is 27.2. The zero-order valence-electron chi connectivity index (χ0n) is 10.0. The van der Waals surface area contributed by atoms with Crippen molar-refractivity contribution in [2.45, 2.75) is 31.7 Å². The van der Waals surface area contributed by atoms with E-state index in [0.717, 1.165) is 37.6 Å². The predicted octanol–water partition coefficient (Wildman–Crippen LogP) is 1.26. The van der Waals surface area contributed by atoms with E-state index in [2.05, 4.69) is 14.9 Å². The summed E-state index contributed by atoms with van der Waals surface area (Å²) < 4.78 is 2.14. The van der Waals surface area contributed by atoms with E-state index in [1.165, 1.54) is 0 Å². The SMILES string of the molecule is O=C(O)C1CCn2c(C3CCNC3)nc(Cl)c2C1. The highest BCUT2D eigenvalue weighted by Gasteiger charge is 2.31. The fourth-order valence-corrected chi connectivity index (χ4v) is 3.20. The number of halogens is 1. The molecule has 18 heavy (non-hydrogen) atoms. The highest BCUT2D eigenvalue weighted by atomic mass is 35.5. The maximum absolute atomic E-state index is 11.1. The number of fused-ring (bicyclic) bond motifs is 1. The molecule has 0 spiro atoms. The average molecular weight is 270 g/mol. The lowest BCUT2D eigenvalue weighted by molar-refractivity contribution is -0.142. The van der Waals surface area contributed by atoms with Crippen LogP contribution in [0.25, 0.3) is 0 Å². The van der Waals surface area contributed by atoms with Gasteiger partial charge in [0, 0.05) is 25.4 Å². The average Bonchev–Trinajstić information content (AvgIpc) is 2.97. The Morgan fingerprint density at radius 3 is 3.00 bits per heavy atom. The van der Waals surface area contributed by atoms with E-state index in [1.807, 2.05) is 0 Å². The molecular formula is C12H16ClN3O2.